The maximum absolute atomic E-state index is 12.9. The summed E-state index contributed by atoms with van der Waals surface area (Å²) in [6.45, 7) is 0. The molecule has 0 aliphatic heterocycles. The molecule has 0 spiro atoms. The quantitative estimate of drug-likeness (QED) is 0.869. The highest BCUT2D eigenvalue weighted by atomic mass is 19.2. The van der Waals surface area contributed by atoms with Crippen molar-refractivity contribution in [3.63, 3.8) is 0 Å². The highest BCUT2D eigenvalue weighted by molar-refractivity contribution is 5.19. The van der Waals surface area contributed by atoms with Crippen LogP contribution >= 0.6 is 0 Å². The second kappa shape index (κ2) is 4.45. The van der Waals surface area contributed by atoms with Crippen LogP contribution in [-0.4, -0.2) is 5.11 Å². The van der Waals surface area contributed by atoms with Gasteiger partial charge in [-0.3, -0.25) is 0 Å². The summed E-state index contributed by atoms with van der Waals surface area (Å²) >= 11 is 0. The Labute approximate surface area is 91.1 Å². The molecule has 0 aliphatic rings. The molecule has 1 aromatic carbocycles. The van der Waals surface area contributed by atoms with Gasteiger partial charge in [0.1, 0.15) is 11.9 Å². The van der Waals surface area contributed by atoms with Crippen LogP contribution in [-0.2, 0) is 6.42 Å². The van der Waals surface area contributed by atoms with Crippen molar-refractivity contribution in [2.24, 2.45) is 0 Å². The fourth-order valence-electron chi connectivity index (χ4n) is 1.47. The third kappa shape index (κ3) is 2.28. The van der Waals surface area contributed by atoms with Crippen molar-refractivity contribution in [3.8, 4) is 0 Å². The lowest BCUT2D eigenvalue weighted by Gasteiger charge is -2.07. The summed E-state index contributed by atoms with van der Waals surface area (Å²) < 4.78 is 30.5. The molecule has 1 aromatic heterocycles. The summed E-state index contributed by atoms with van der Waals surface area (Å²) in [6, 6.07) is 6.83. The topological polar surface area (TPSA) is 33.4 Å². The first kappa shape index (κ1) is 10.8. The average molecular weight is 224 g/mol. The molecular formula is C12H10F2O2. The van der Waals surface area contributed by atoms with E-state index in [2.05, 4.69) is 0 Å². The number of halogens is 2. The first-order valence-corrected chi connectivity index (χ1v) is 4.82. The molecular weight excluding hydrogens is 214 g/mol. The number of hydrogen-bond acceptors (Lipinski definition) is 2. The van der Waals surface area contributed by atoms with Gasteiger partial charge in [0.2, 0.25) is 0 Å². The van der Waals surface area contributed by atoms with Crippen LogP contribution in [0.5, 0.6) is 0 Å². The Hall–Kier alpha value is -1.68. The van der Waals surface area contributed by atoms with E-state index in [-0.39, 0.29) is 6.42 Å². The average Bonchev–Trinajstić information content (AvgIpc) is 2.77. The van der Waals surface area contributed by atoms with Gasteiger partial charge in [0.25, 0.3) is 0 Å². The highest BCUT2D eigenvalue weighted by Crippen LogP contribution is 2.19. The SMILES string of the molecule is OC(Cc1ccc(F)c(F)c1)c1ccco1. The maximum Gasteiger partial charge on any atom is 0.159 e. The molecule has 4 heteroatoms. The predicted molar refractivity (Wildman–Crippen MR) is 53.7 cm³/mol. The van der Waals surface area contributed by atoms with E-state index in [4.69, 9.17) is 4.42 Å². The first-order chi connectivity index (χ1) is 7.66. The van der Waals surface area contributed by atoms with Crippen molar-refractivity contribution in [3.05, 3.63) is 59.6 Å². The van der Waals surface area contributed by atoms with Crippen LogP contribution in [0.4, 0.5) is 8.78 Å². The molecule has 0 bridgehead atoms. The minimum Gasteiger partial charge on any atom is -0.467 e. The standard InChI is InChI=1S/C12H10F2O2/c13-9-4-3-8(6-10(9)14)7-11(15)12-2-1-5-16-12/h1-6,11,15H,7H2. The molecule has 0 aliphatic carbocycles. The third-order valence-corrected chi connectivity index (χ3v) is 2.28. The van der Waals surface area contributed by atoms with Crippen LogP contribution in [0.15, 0.2) is 41.0 Å². The van der Waals surface area contributed by atoms with E-state index in [0.717, 1.165) is 12.1 Å². The van der Waals surface area contributed by atoms with Crippen LogP contribution in [0.25, 0.3) is 0 Å². The third-order valence-electron chi connectivity index (χ3n) is 2.28. The van der Waals surface area contributed by atoms with Gasteiger partial charge in [-0.05, 0) is 29.8 Å². The first-order valence-electron chi connectivity index (χ1n) is 4.82. The van der Waals surface area contributed by atoms with Crippen LogP contribution < -0.4 is 0 Å². The second-order valence-electron chi connectivity index (χ2n) is 3.48. The molecule has 2 rings (SSSR count). The maximum atomic E-state index is 12.9. The molecule has 1 N–H and O–H groups in total. The number of aliphatic hydroxyl groups excluding tert-OH is 1. The normalized spacial score (nSPS) is 12.7. The van der Waals surface area contributed by atoms with Crippen molar-refractivity contribution >= 4 is 0 Å². The summed E-state index contributed by atoms with van der Waals surface area (Å²) in [6.07, 6.45) is 0.786. The molecule has 0 saturated carbocycles. The molecule has 2 aromatic rings. The lowest BCUT2D eigenvalue weighted by atomic mass is 10.1. The van der Waals surface area contributed by atoms with E-state index in [1.165, 1.54) is 12.3 Å². The number of benzene rings is 1. The van der Waals surface area contributed by atoms with Crippen molar-refractivity contribution < 1.29 is 18.3 Å². The Morgan fingerprint density at radius 2 is 2.00 bits per heavy atom. The van der Waals surface area contributed by atoms with Crippen LogP contribution in [0.2, 0.25) is 0 Å². The van der Waals surface area contributed by atoms with Gasteiger partial charge in [0.05, 0.1) is 6.26 Å². The lowest BCUT2D eigenvalue weighted by Crippen LogP contribution is -2.01. The number of rotatable bonds is 3. The molecule has 0 radical (unpaired) electrons. The summed E-state index contributed by atoms with van der Waals surface area (Å²) in [5.74, 6) is -1.40. The van der Waals surface area contributed by atoms with Gasteiger partial charge in [-0.1, -0.05) is 6.07 Å². The van der Waals surface area contributed by atoms with Crippen molar-refractivity contribution in [1.82, 2.24) is 0 Å². The number of aliphatic hydroxyl groups is 1. The van der Waals surface area contributed by atoms with Crippen LogP contribution in [0.1, 0.15) is 17.4 Å². The van der Waals surface area contributed by atoms with Crippen LogP contribution in [0, 0.1) is 11.6 Å². The lowest BCUT2D eigenvalue weighted by molar-refractivity contribution is 0.150. The largest absolute Gasteiger partial charge is 0.467 e. The summed E-state index contributed by atoms with van der Waals surface area (Å²) in [7, 11) is 0. The van der Waals surface area contributed by atoms with Gasteiger partial charge in [-0.2, -0.15) is 0 Å². The smallest absolute Gasteiger partial charge is 0.159 e. The molecule has 84 valence electrons. The monoisotopic (exact) mass is 224 g/mol. The van der Waals surface area contributed by atoms with Crippen molar-refractivity contribution in [2.45, 2.75) is 12.5 Å². The zero-order valence-corrected chi connectivity index (χ0v) is 8.36. The molecule has 0 fully saturated rings. The second-order valence-corrected chi connectivity index (χ2v) is 3.48. The Morgan fingerprint density at radius 3 is 2.62 bits per heavy atom. The fraction of sp³-hybridized carbons (Fsp3) is 0.167. The van der Waals surface area contributed by atoms with Crippen molar-refractivity contribution in [2.75, 3.05) is 0 Å². The Morgan fingerprint density at radius 1 is 1.19 bits per heavy atom. The Kier molecular flexibility index (Phi) is 3.01. The van der Waals surface area contributed by atoms with Gasteiger partial charge in [0, 0.05) is 6.42 Å². The van der Waals surface area contributed by atoms with E-state index in [0.29, 0.717) is 11.3 Å². The predicted octanol–water partition coefficient (Wildman–Crippen LogP) is 2.83. The number of hydrogen-bond donors (Lipinski definition) is 1. The summed E-state index contributed by atoms with van der Waals surface area (Å²) in [5.41, 5.74) is 0.516. The van der Waals surface area contributed by atoms with Crippen molar-refractivity contribution in [1.29, 1.82) is 0 Å². The summed E-state index contributed by atoms with van der Waals surface area (Å²) in [4.78, 5) is 0. The molecule has 16 heavy (non-hydrogen) atoms. The fourth-order valence-corrected chi connectivity index (χ4v) is 1.47. The van der Waals surface area contributed by atoms with E-state index in [1.807, 2.05) is 0 Å². The summed E-state index contributed by atoms with van der Waals surface area (Å²) in [5, 5.41) is 9.71. The minimum absolute atomic E-state index is 0.185. The molecule has 0 amide bonds. The Balaban J connectivity index is 2.12. The van der Waals surface area contributed by atoms with Gasteiger partial charge < -0.3 is 9.52 Å². The zero-order valence-electron chi connectivity index (χ0n) is 8.36. The zero-order chi connectivity index (χ0) is 11.5. The van der Waals surface area contributed by atoms with Gasteiger partial charge >= 0.3 is 0 Å². The van der Waals surface area contributed by atoms with E-state index < -0.39 is 17.7 Å². The Bertz CT molecular complexity index is 466. The molecule has 0 saturated heterocycles. The molecule has 1 unspecified atom stereocenters. The van der Waals surface area contributed by atoms with E-state index >= 15 is 0 Å². The highest BCUT2D eigenvalue weighted by Gasteiger charge is 2.12. The van der Waals surface area contributed by atoms with Gasteiger partial charge in [-0.25, -0.2) is 8.78 Å². The van der Waals surface area contributed by atoms with Crippen LogP contribution in [0.3, 0.4) is 0 Å². The molecule has 1 heterocycles. The number of furan rings is 1. The van der Waals surface area contributed by atoms with E-state index in [9.17, 15) is 13.9 Å². The van der Waals surface area contributed by atoms with Gasteiger partial charge in [0.15, 0.2) is 11.6 Å². The molecule has 2 nitrogen and oxygen atoms in total. The van der Waals surface area contributed by atoms with E-state index in [1.54, 1.807) is 12.1 Å². The van der Waals surface area contributed by atoms with Gasteiger partial charge in [-0.15, -0.1) is 0 Å². The molecule has 1 atom stereocenters. The minimum atomic E-state index is -0.913.